The maximum Gasteiger partial charge on any atom is 0.254 e. The molecule has 2 aromatic rings. The van der Waals surface area contributed by atoms with Gasteiger partial charge in [0.2, 0.25) is 0 Å². The highest BCUT2D eigenvalue weighted by atomic mass is 79.9. The van der Waals surface area contributed by atoms with Crippen LogP contribution in [0.5, 0.6) is 5.75 Å². The summed E-state index contributed by atoms with van der Waals surface area (Å²) in [5.74, 6) is -0.322. The van der Waals surface area contributed by atoms with Crippen molar-refractivity contribution in [1.82, 2.24) is 4.90 Å². The summed E-state index contributed by atoms with van der Waals surface area (Å²) in [7, 11) is 0. The van der Waals surface area contributed by atoms with Crippen molar-refractivity contribution >= 4 is 21.8 Å². The van der Waals surface area contributed by atoms with Gasteiger partial charge in [-0.25, -0.2) is 4.39 Å². The Bertz CT molecular complexity index is 717. The summed E-state index contributed by atoms with van der Waals surface area (Å²) in [6.07, 6.45) is 0.754. The number of phenols is 1. The second-order valence-corrected chi connectivity index (χ2v) is 5.91. The van der Waals surface area contributed by atoms with E-state index < -0.39 is 0 Å². The molecule has 1 heterocycles. The second kappa shape index (κ2) is 5.48. The van der Waals surface area contributed by atoms with Gasteiger partial charge in [-0.2, -0.15) is 0 Å². The summed E-state index contributed by atoms with van der Waals surface area (Å²) in [6.45, 7) is 1.07. The Morgan fingerprint density at radius 3 is 2.76 bits per heavy atom. The normalized spacial score (nSPS) is 13.9. The Kier molecular flexibility index (Phi) is 3.68. The summed E-state index contributed by atoms with van der Waals surface area (Å²) in [5, 5.41) is 9.55. The molecule has 3 nitrogen and oxygen atoms in total. The minimum Gasteiger partial charge on any atom is -0.508 e. The maximum absolute atomic E-state index is 13.2. The third-order valence-corrected chi connectivity index (χ3v) is 4.26. The van der Waals surface area contributed by atoms with Gasteiger partial charge in [-0.3, -0.25) is 4.79 Å². The topological polar surface area (TPSA) is 40.5 Å². The average molecular weight is 350 g/mol. The molecule has 0 saturated carbocycles. The summed E-state index contributed by atoms with van der Waals surface area (Å²) >= 11 is 3.09. The highest BCUT2D eigenvalue weighted by Crippen LogP contribution is 2.25. The third-order valence-electron chi connectivity index (χ3n) is 3.66. The van der Waals surface area contributed by atoms with E-state index in [-0.39, 0.29) is 21.9 Å². The zero-order valence-corrected chi connectivity index (χ0v) is 12.7. The lowest BCUT2D eigenvalue weighted by molar-refractivity contribution is 0.0734. The van der Waals surface area contributed by atoms with Crippen LogP contribution < -0.4 is 0 Å². The number of aromatic hydroxyl groups is 1. The molecule has 1 amide bonds. The van der Waals surface area contributed by atoms with Crippen molar-refractivity contribution in [2.45, 2.75) is 13.0 Å². The first-order chi connectivity index (χ1) is 10.0. The molecule has 0 fully saturated rings. The molecule has 0 unspecified atom stereocenters. The number of rotatable bonds is 1. The fourth-order valence-electron chi connectivity index (χ4n) is 2.53. The fourth-order valence-corrected chi connectivity index (χ4v) is 2.91. The van der Waals surface area contributed by atoms with Crippen LogP contribution in [0.25, 0.3) is 0 Å². The molecule has 2 aromatic carbocycles. The third kappa shape index (κ3) is 2.78. The molecule has 0 bridgehead atoms. The quantitative estimate of drug-likeness (QED) is 0.855. The first-order valence-electron chi connectivity index (χ1n) is 6.59. The van der Waals surface area contributed by atoms with Gasteiger partial charge in [-0.1, -0.05) is 6.07 Å². The van der Waals surface area contributed by atoms with Gasteiger partial charge in [0.25, 0.3) is 5.91 Å². The molecule has 5 heteroatoms. The maximum atomic E-state index is 13.2. The van der Waals surface area contributed by atoms with E-state index in [0.717, 1.165) is 17.5 Å². The van der Waals surface area contributed by atoms with Crippen LogP contribution in [0.15, 0.2) is 40.9 Å². The molecule has 0 spiro atoms. The molecule has 0 saturated heterocycles. The van der Waals surface area contributed by atoms with Gasteiger partial charge in [-0.05, 0) is 63.8 Å². The zero-order chi connectivity index (χ0) is 15.0. The number of carbonyl (C=O) groups excluding carboxylic acids is 1. The van der Waals surface area contributed by atoms with Crippen LogP contribution in [0, 0.1) is 5.82 Å². The first-order valence-corrected chi connectivity index (χ1v) is 7.39. The molecule has 1 aliphatic rings. The fraction of sp³-hybridized carbons (Fsp3) is 0.188. The number of benzene rings is 2. The van der Waals surface area contributed by atoms with Gasteiger partial charge < -0.3 is 10.0 Å². The average Bonchev–Trinajstić information content (AvgIpc) is 2.48. The van der Waals surface area contributed by atoms with Gasteiger partial charge >= 0.3 is 0 Å². The van der Waals surface area contributed by atoms with Crippen LogP contribution in [0.1, 0.15) is 21.5 Å². The van der Waals surface area contributed by atoms with Crippen molar-refractivity contribution in [2.24, 2.45) is 0 Å². The molecular formula is C16H13BrFNO2. The summed E-state index contributed by atoms with van der Waals surface area (Å²) in [4.78, 5) is 14.2. The van der Waals surface area contributed by atoms with Crippen LogP contribution in [-0.4, -0.2) is 22.5 Å². The molecule has 108 valence electrons. The van der Waals surface area contributed by atoms with Crippen LogP contribution in [0.3, 0.4) is 0 Å². The smallest absolute Gasteiger partial charge is 0.254 e. The van der Waals surface area contributed by atoms with E-state index in [2.05, 4.69) is 15.9 Å². The number of hydrogen-bond acceptors (Lipinski definition) is 2. The van der Waals surface area contributed by atoms with Crippen molar-refractivity contribution in [3.63, 3.8) is 0 Å². The first kappa shape index (κ1) is 14.1. The van der Waals surface area contributed by atoms with E-state index in [4.69, 9.17) is 0 Å². The van der Waals surface area contributed by atoms with Gasteiger partial charge in [-0.15, -0.1) is 0 Å². The molecule has 3 rings (SSSR count). The highest BCUT2D eigenvalue weighted by Gasteiger charge is 2.22. The van der Waals surface area contributed by atoms with Crippen molar-refractivity contribution in [3.05, 3.63) is 63.4 Å². The van der Waals surface area contributed by atoms with Gasteiger partial charge in [0.15, 0.2) is 0 Å². The van der Waals surface area contributed by atoms with Gasteiger partial charge in [0, 0.05) is 18.7 Å². The number of halogens is 2. The molecule has 0 atom stereocenters. The molecule has 0 aliphatic carbocycles. The number of carbonyl (C=O) groups is 1. The Balaban J connectivity index is 1.85. The van der Waals surface area contributed by atoms with Crippen molar-refractivity contribution in [3.8, 4) is 5.75 Å². The largest absolute Gasteiger partial charge is 0.508 e. The predicted octanol–water partition coefficient (Wildman–Crippen LogP) is 3.49. The molecule has 0 aromatic heterocycles. The molecule has 0 radical (unpaired) electrons. The number of amides is 1. The zero-order valence-electron chi connectivity index (χ0n) is 11.1. The number of fused-ring (bicyclic) bond motifs is 1. The van der Waals surface area contributed by atoms with E-state index in [9.17, 15) is 14.3 Å². The van der Waals surface area contributed by atoms with Crippen molar-refractivity contribution < 1.29 is 14.3 Å². The van der Waals surface area contributed by atoms with Crippen LogP contribution >= 0.6 is 15.9 Å². The van der Waals surface area contributed by atoms with E-state index in [1.54, 1.807) is 17.0 Å². The molecular weight excluding hydrogens is 337 g/mol. The lowest BCUT2D eigenvalue weighted by Gasteiger charge is -2.29. The highest BCUT2D eigenvalue weighted by molar-refractivity contribution is 9.10. The number of phenolic OH excluding ortho intramolecular Hbond substituents is 1. The van der Waals surface area contributed by atoms with Crippen LogP contribution in [0.4, 0.5) is 4.39 Å². The van der Waals surface area contributed by atoms with Crippen molar-refractivity contribution in [2.75, 3.05) is 6.54 Å². The standard InChI is InChI=1S/C16H13BrFNO2/c17-14-8-11(2-4-15(14)18)16(21)19-6-5-10-1-3-13(20)7-12(10)9-19/h1-4,7-8,20H,5-6,9H2. The number of nitrogens with zero attached hydrogens (tertiary/aromatic N) is 1. The summed E-state index contributed by atoms with van der Waals surface area (Å²) in [5.41, 5.74) is 2.56. The van der Waals surface area contributed by atoms with E-state index in [0.29, 0.717) is 18.7 Å². The van der Waals surface area contributed by atoms with E-state index in [1.165, 1.54) is 18.2 Å². The lowest BCUT2D eigenvalue weighted by Crippen LogP contribution is -2.35. The summed E-state index contributed by atoms with van der Waals surface area (Å²) < 4.78 is 13.5. The minimum absolute atomic E-state index is 0.135. The van der Waals surface area contributed by atoms with Gasteiger partial charge in [0.1, 0.15) is 11.6 Å². The van der Waals surface area contributed by atoms with Crippen LogP contribution in [-0.2, 0) is 13.0 Å². The Morgan fingerprint density at radius 1 is 1.19 bits per heavy atom. The van der Waals surface area contributed by atoms with Crippen LogP contribution in [0.2, 0.25) is 0 Å². The van der Waals surface area contributed by atoms with E-state index in [1.807, 2.05) is 6.07 Å². The minimum atomic E-state index is -0.388. The Morgan fingerprint density at radius 2 is 2.00 bits per heavy atom. The monoisotopic (exact) mass is 349 g/mol. The summed E-state index contributed by atoms with van der Waals surface area (Å²) in [6, 6.07) is 9.50. The SMILES string of the molecule is O=C(c1ccc(F)c(Br)c1)N1CCc2ccc(O)cc2C1. The lowest BCUT2D eigenvalue weighted by atomic mass is 9.99. The molecule has 21 heavy (non-hydrogen) atoms. The second-order valence-electron chi connectivity index (χ2n) is 5.06. The molecule has 1 aliphatic heterocycles. The Hall–Kier alpha value is -1.88. The number of hydrogen-bond donors (Lipinski definition) is 1. The predicted molar refractivity (Wildman–Crippen MR) is 80.7 cm³/mol. The van der Waals surface area contributed by atoms with Crippen molar-refractivity contribution in [1.29, 1.82) is 0 Å². The van der Waals surface area contributed by atoms with Gasteiger partial charge in [0.05, 0.1) is 4.47 Å². The molecule has 1 N–H and O–H groups in total. The van der Waals surface area contributed by atoms with E-state index >= 15 is 0 Å². The Labute approximate surface area is 130 Å².